The third-order valence-corrected chi connectivity index (χ3v) is 5.05. The van der Waals surface area contributed by atoms with Gasteiger partial charge in [-0.3, -0.25) is 14.6 Å². The second-order valence-corrected chi connectivity index (χ2v) is 8.10. The molecule has 0 radical (unpaired) electrons. The first-order valence-electron chi connectivity index (χ1n) is 9.55. The maximum absolute atomic E-state index is 12.8. The number of rotatable bonds is 4. The number of likely N-dealkylation sites (tertiary alicyclic amines) is 1. The van der Waals surface area contributed by atoms with Gasteiger partial charge >= 0.3 is 0 Å². The topological polar surface area (TPSA) is 70.5 Å². The lowest BCUT2D eigenvalue weighted by atomic mass is 9.85. The van der Waals surface area contributed by atoms with E-state index in [0.29, 0.717) is 12.1 Å². The van der Waals surface area contributed by atoms with Gasteiger partial charge in [-0.25, -0.2) is 0 Å². The molecule has 0 saturated carbocycles. The summed E-state index contributed by atoms with van der Waals surface area (Å²) in [5.41, 5.74) is 2.59. The number of benzene rings is 1. The zero-order chi connectivity index (χ0) is 20.5. The Kier molecular flexibility index (Phi) is 5.36. The molecule has 0 aliphatic carbocycles. The molecular weight excluding hydrogens is 352 g/mol. The molecule has 146 valence electrons. The number of carbonyl (C=O) groups is 2. The van der Waals surface area contributed by atoms with Crippen molar-refractivity contribution in [3.05, 3.63) is 71.1 Å². The van der Waals surface area contributed by atoms with Gasteiger partial charge in [0, 0.05) is 24.5 Å². The van der Waals surface area contributed by atoms with Gasteiger partial charge in [-0.05, 0) is 35.1 Å². The third kappa shape index (κ3) is 3.57. The molecule has 1 aromatic carbocycles. The highest BCUT2D eigenvalue weighted by atomic mass is 16.3. The van der Waals surface area contributed by atoms with Gasteiger partial charge < -0.3 is 10.0 Å². The minimum absolute atomic E-state index is 0.000791. The molecule has 5 nitrogen and oxygen atoms in total. The minimum Gasteiger partial charge on any atom is -0.507 e. The summed E-state index contributed by atoms with van der Waals surface area (Å²) >= 11 is 0. The zero-order valence-corrected chi connectivity index (χ0v) is 16.8. The monoisotopic (exact) mass is 378 g/mol. The first kappa shape index (κ1) is 19.8. The summed E-state index contributed by atoms with van der Waals surface area (Å²) in [7, 11) is 0. The normalized spacial score (nSPS) is 19.3. The van der Waals surface area contributed by atoms with Gasteiger partial charge in [0.15, 0.2) is 0 Å². The highest BCUT2D eigenvalue weighted by Crippen LogP contribution is 2.39. The summed E-state index contributed by atoms with van der Waals surface area (Å²) in [5, 5.41) is 10.9. The molecule has 1 atom stereocenters. The molecule has 3 rings (SSSR count). The van der Waals surface area contributed by atoms with Crippen molar-refractivity contribution in [1.29, 1.82) is 0 Å². The van der Waals surface area contributed by atoms with Gasteiger partial charge in [-0.15, -0.1) is 0 Å². The van der Waals surface area contributed by atoms with E-state index in [1.807, 2.05) is 31.2 Å². The van der Waals surface area contributed by atoms with E-state index in [0.717, 1.165) is 17.5 Å². The number of carbonyl (C=O) groups excluding carboxylic acids is 2. The van der Waals surface area contributed by atoms with Crippen molar-refractivity contribution in [2.75, 3.05) is 6.54 Å². The van der Waals surface area contributed by atoms with Crippen LogP contribution in [0.25, 0.3) is 5.76 Å². The molecule has 1 fully saturated rings. The quantitative estimate of drug-likeness (QED) is 0.491. The highest BCUT2D eigenvalue weighted by Gasteiger charge is 2.45. The molecule has 1 saturated heterocycles. The Hall–Kier alpha value is -2.95. The van der Waals surface area contributed by atoms with Crippen LogP contribution in [0.3, 0.4) is 0 Å². The third-order valence-electron chi connectivity index (χ3n) is 5.05. The van der Waals surface area contributed by atoms with Crippen LogP contribution in [0.15, 0.2) is 54.4 Å². The van der Waals surface area contributed by atoms with Crippen LogP contribution in [0.4, 0.5) is 0 Å². The van der Waals surface area contributed by atoms with Crippen LogP contribution in [0, 0.1) is 0 Å². The molecular formula is C23H26N2O3. The minimum atomic E-state index is -0.646. The summed E-state index contributed by atoms with van der Waals surface area (Å²) in [6.07, 6.45) is 3.81. The molecule has 1 amide bonds. The average Bonchev–Trinajstić information content (AvgIpc) is 2.93. The Bertz CT molecular complexity index is 909. The Morgan fingerprint density at radius 1 is 1.07 bits per heavy atom. The Labute approximate surface area is 165 Å². The molecule has 28 heavy (non-hydrogen) atoms. The van der Waals surface area contributed by atoms with Gasteiger partial charge in [0.05, 0.1) is 11.6 Å². The first-order valence-corrected chi connectivity index (χ1v) is 9.55. The maximum Gasteiger partial charge on any atom is 0.295 e. The van der Waals surface area contributed by atoms with Crippen molar-refractivity contribution in [3.8, 4) is 0 Å². The highest BCUT2D eigenvalue weighted by molar-refractivity contribution is 6.46. The lowest BCUT2D eigenvalue weighted by molar-refractivity contribution is -0.139. The van der Waals surface area contributed by atoms with Crippen molar-refractivity contribution < 1.29 is 14.7 Å². The van der Waals surface area contributed by atoms with E-state index in [-0.39, 0.29) is 16.7 Å². The number of hydrogen-bond donors (Lipinski definition) is 1. The molecule has 1 aliphatic rings. The van der Waals surface area contributed by atoms with E-state index in [9.17, 15) is 14.7 Å². The summed E-state index contributed by atoms with van der Waals surface area (Å²) in [4.78, 5) is 31.0. The standard InChI is InChI=1S/C23H26N2O3/c1-5-14-25-19(15-6-8-17(9-7-15)23(2,3)4)18(21(27)22(25)28)20(26)16-10-12-24-13-11-16/h6-13,19,26H,5,14H2,1-4H3/b20-18-. The largest absolute Gasteiger partial charge is 0.507 e. The number of Topliss-reactive ketones (excluding diaryl/α,β-unsaturated/α-hetero) is 1. The van der Waals surface area contributed by atoms with E-state index >= 15 is 0 Å². The first-order chi connectivity index (χ1) is 13.3. The number of pyridine rings is 1. The summed E-state index contributed by atoms with van der Waals surface area (Å²) in [6, 6.07) is 10.6. The fraction of sp³-hybridized carbons (Fsp3) is 0.348. The van der Waals surface area contributed by atoms with Crippen molar-refractivity contribution in [1.82, 2.24) is 9.88 Å². The van der Waals surface area contributed by atoms with Gasteiger partial charge in [-0.2, -0.15) is 0 Å². The SMILES string of the molecule is CCCN1C(=O)C(=O)/C(=C(\O)c2ccncc2)C1c1ccc(C(C)(C)C)cc1. The molecule has 1 unspecified atom stereocenters. The van der Waals surface area contributed by atoms with Crippen LogP contribution in [0.2, 0.25) is 0 Å². The number of amides is 1. The molecule has 0 spiro atoms. The van der Waals surface area contributed by atoms with E-state index in [1.165, 1.54) is 0 Å². The van der Waals surface area contributed by atoms with Gasteiger partial charge in [-0.1, -0.05) is 52.0 Å². The van der Waals surface area contributed by atoms with Crippen LogP contribution in [-0.2, 0) is 15.0 Å². The average molecular weight is 378 g/mol. The molecule has 5 heteroatoms. The summed E-state index contributed by atoms with van der Waals surface area (Å²) < 4.78 is 0. The number of hydrogen-bond acceptors (Lipinski definition) is 4. The summed E-state index contributed by atoms with van der Waals surface area (Å²) in [5.74, 6) is -1.38. The lowest BCUT2D eigenvalue weighted by Gasteiger charge is -2.26. The number of aliphatic hydroxyl groups is 1. The fourth-order valence-electron chi connectivity index (χ4n) is 3.53. The Morgan fingerprint density at radius 3 is 2.21 bits per heavy atom. The summed E-state index contributed by atoms with van der Waals surface area (Å²) in [6.45, 7) is 8.81. The van der Waals surface area contributed by atoms with Crippen LogP contribution in [-0.4, -0.2) is 33.2 Å². The molecule has 0 bridgehead atoms. The smallest absolute Gasteiger partial charge is 0.295 e. The van der Waals surface area contributed by atoms with Gasteiger partial charge in [0.1, 0.15) is 5.76 Å². The van der Waals surface area contributed by atoms with Crippen molar-refractivity contribution in [3.63, 3.8) is 0 Å². The second-order valence-electron chi connectivity index (χ2n) is 8.10. The Morgan fingerprint density at radius 2 is 1.68 bits per heavy atom. The predicted octanol–water partition coefficient (Wildman–Crippen LogP) is 4.21. The van der Waals surface area contributed by atoms with Crippen LogP contribution in [0.1, 0.15) is 56.8 Å². The van der Waals surface area contributed by atoms with E-state index in [2.05, 4.69) is 25.8 Å². The van der Waals surface area contributed by atoms with E-state index in [4.69, 9.17) is 0 Å². The van der Waals surface area contributed by atoms with Crippen LogP contribution < -0.4 is 0 Å². The molecule has 1 aliphatic heterocycles. The molecule has 2 aromatic rings. The number of aliphatic hydroxyl groups excluding tert-OH is 1. The maximum atomic E-state index is 12.8. The molecule has 2 heterocycles. The van der Waals surface area contributed by atoms with Gasteiger partial charge in [0.25, 0.3) is 11.7 Å². The van der Waals surface area contributed by atoms with Crippen molar-refractivity contribution in [2.24, 2.45) is 0 Å². The zero-order valence-electron chi connectivity index (χ0n) is 16.8. The second kappa shape index (κ2) is 7.58. The predicted molar refractivity (Wildman–Crippen MR) is 109 cm³/mol. The van der Waals surface area contributed by atoms with Crippen molar-refractivity contribution in [2.45, 2.75) is 45.6 Å². The number of nitrogens with zero attached hydrogens (tertiary/aromatic N) is 2. The fourth-order valence-corrected chi connectivity index (χ4v) is 3.53. The van der Waals surface area contributed by atoms with Crippen LogP contribution in [0.5, 0.6) is 0 Å². The number of ketones is 1. The molecule has 1 aromatic heterocycles. The number of aromatic nitrogens is 1. The lowest BCUT2D eigenvalue weighted by Crippen LogP contribution is -2.30. The van der Waals surface area contributed by atoms with Gasteiger partial charge in [0.2, 0.25) is 0 Å². The van der Waals surface area contributed by atoms with E-state index in [1.54, 1.807) is 29.4 Å². The van der Waals surface area contributed by atoms with Crippen LogP contribution >= 0.6 is 0 Å². The Balaban J connectivity index is 2.14. The van der Waals surface area contributed by atoms with E-state index < -0.39 is 17.7 Å². The molecule has 1 N–H and O–H groups in total. The van der Waals surface area contributed by atoms with Crippen molar-refractivity contribution >= 4 is 17.4 Å².